The Labute approximate surface area is 101 Å². The lowest BCUT2D eigenvalue weighted by Crippen LogP contribution is -2.53. The van der Waals surface area contributed by atoms with Gasteiger partial charge in [-0.1, -0.05) is 0 Å². The SMILES string of the molecule is COC1CS(=O)(=O)CC1NS(=O)(=O)N1CCC1. The van der Waals surface area contributed by atoms with Gasteiger partial charge >= 0.3 is 0 Å². The molecule has 1 N–H and O–H groups in total. The quantitative estimate of drug-likeness (QED) is 0.667. The van der Waals surface area contributed by atoms with Crippen LogP contribution in [0.5, 0.6) is 0 Å². The largest absolute Gasteiger partial charge is 0.379 e. The number of hydrogen-bond acceptors (Lipinski definition) is 5. The van der Waals surface area contributed by atoms with E-state index in [1.807, 2.05) is 0 Å². The fourth-order valence-electron chi connectivity index (χ4n) is 1.95. The van der Waals surface area contributed by atoms with Crippen LogP contribution >= 0.6 is 0 Å². The molecule has 2 aliphatic heterocycles. The van der Waals surface area contributed by atoms with Gasteiger partial charge in [-0.2, -0.15) is 17.4 Å². The maximum Gasteiger partial charge on any atom is 0.279 e. The van der Waals surface area contributed by atoms with Gasteiger partial charge in [0.05, 0.1) is 23.7 Å². The molecule has 2 unspecified atom stereocenters. The van der Waals surface area contributed by atoms with Crippen molar-refractivity contribution in [3.63, 3.8) is 0 Å². The van der Waals surface area contributed by atoms with Gasteiger partial charge in [-0.25, -0.2) is 8.42 Å². The highest BCUT2D eigenvalue weighted by Crippen LogP contribution is 2.18. The van der Waals surface area contributed by atoms with Gasteiger partial charge in [0.15, 0.2) is 9.84 Å². The van der Waals surface area contributed by atoms with Crippen LogP contribution in [0, 0.1) is 0 Å². The van der Waals surface area contributed by atoms with E-state index in [0.29, 0.717) is 13.1 Å². The third-order valence-electron chi connectivity index (χ3n) is 3.06. The Hall–Kier alpha value is -0.220. The number of hydrogen-bond donors (Lipinski definition) is 1. The van der Waals surface area contributed by atoms with Gasteiger partial charge in [0.2, 0.25) is 0 Å². The van der Waals surface area contributed by atoms with Crippen molar-refractivity contribution in [2.75, 3.05) is 31.7 Å². The maximum atomic E-state index is 11.8. The molecule has 7 nitrogen and oxygen atoms in total. The van der Waals surface area contributed by atoms with Crippen LogP contribution in [-0.4, -0.2) is 65.0 Å². The van der Waals surface area contributed by atoms with Crippen molar-refractivity contribution < 1.29 is 21.6 Å². The van der Waals surface area contributed by atoms with Crippen LogP contribution in [0.25, 0.3) is 0 Å². The highest BCUT2D eigenvalue weighted by molar-refractivity contribution is 7.92. The van der Waals surface area contributed by atoms with Crippen LogP contribution in [0.15, 0.2) is 0 Å². The van der Waals surface area contributed by atoms with Crippen molar-refractivity contribution in [2.24, 2.45) is 0 Å². The Bertz CT molecular complexity index is 482. The Kier molecular flexibility index (Phi) is 3.47. The first-order valence-electron chi connectivity index (χ1n) is 5.35. The van der Waals surface area contributed by atoms with Crippen LogP contribution in [0.3, 0.4) is 0 Å². The minimum atomic E-state index is -3.56. The highest BCUT2D eigenvalue weighted by Gasteiger charge is 2.41. The minimum absolute atomic E-state index is 0.128. The number of rotatable bonds is 4. The molecule has 2 atom stereocenters. The van der Waals surface area contributed by atoms with Crippen LogP contribution in [0.4, 0.5) is 0 Å². The highest BCUT2D eigenvalue weighted by atomic mass is 32.2. The minimum Gasteiger partial charge on any atom is -0.379 e. The maximum absolute atomic E-state index is 11.8. The molecule has 0 radical (unpaired) electrons. The van der Waals surface area contributed by atoms with E-state index in [1.54, 1.807) is 0 Å². The Morgan fingerprint density at radius 1 is 1.29 bits per heavy atom. The Morgan fingerprint density at radius 2 is 1.94 bits per heavy atom. The predicted octanol–water partition coefficient (Wildman–Crippen LogP) is -1.66. The van der Waals surface area contributed by atoms with Crippen LogP contribution in [0.1, 0.15) is 6.42 Å². The lowest BCUT2D eigenvalue weighted by atomic mass is 10.2. The third kappa shape index (κ3) is 2.79. The molecule has 100 valence electrons. The lowest BCUT2D eigenvalue weighted by molar-refractivity contribution is 0.105. The van der Waals surface area contributed by atoms with E-state index in [1.165, 1.54) is 11.4 Å². The fourth-order valence-corrected chi connectivity index (χ4v) is 5.41. The van der Waals surface area contributed by atoms with Crippen molar-refractivity contribution >= 4 is 20.0 Å². The normalized spacial score (nSPS) is 33.5. The zero-order chi connectivity index (χ0) is 12.7. The van der Waals surface area contributed by atoms with Crippen molar-refractivity contribution in [1.82, 2.24) is 9.03 Å². The third-order valence-corrected chi connectivity index (χ3v) is 6.41. The number of sulfone groups is 1. The summed E-state index contributed by atoms with van der Waals surface area (Å²) in [6.07, 6.45) is 0.244. The first-order valence-corrected chi connectivity index (χ1v) is 8.61. The second-order valence-electron chi connectivity index (χ2n) is 4.33. The van der Waals surface area contributed by atoms with Gasteiger partial charge in [0, 0.05) is 20.2 Å². The molecular formula is C8H16N2O5S2. The van der Waals surface area contributed by atoms with E-state index < -0.39 is 32.2 Å². The number of nitrogens with one attached hydrogen (secondary N) is 1. The summed E-state index contributed by atoms with van der Waals surface area (Å²) in [6, 6.07) is -0.685. The lowest BCUT2D eigenvalue weighted by Gasteiger charge is -2.31. The van der Waals surface area contributed by atoms with Gasteiger partial charge in [-0.15, -0.1) is 0 Å². The summed E-state index contributed by atoms with van der Waals surface area (Å²) in [7, 11) is -5.39. The molecule has 0 aromatic carbocycles. The summed E-state index contributed by atoms with van der Waals surface area (Å²) < 4.78 is 55.2. The number of nitrogens with zero attached hydrogens (tertiary/aromatic N) is 1. The second-order valence-corrected chi connectivity index (χ2v) is 8.19. The van der Waals surface area contributed by atoms with Crippen molar-refractivity contribution in [2.45, 2.75) is 18.6 Å². The molecule has 2 fully saturated rings. The summed E-state index contributed by atoms with van der Waals surface area (Å²) in [4.78, 5) is 0. The Balaban J connectivity index is 2.08. The fraction of sp³-hybridized carbons (Fsp3) is 1.00. The topological polar surface area (TPSA) is 92.8 Å². The summed E-state index contributed by atoms with van der Waals surface area (Å²) in [5.41, 5.74) is 0. The summed E-state index contributed by atoms with van der Waals surface area (Å²) >= 11 is 0. The average Bonchev–Trinajstić information content (AvgIpc) is 2.35. The molecule has 0 amide bonds. The molecule has 2 saturated heterocycles. The van der Waals surface area contributed by atoms with Crippen LogP contribution in [0.2, 0.25) is 0 Å². The van der Waals surface area contributed by atoms with Crippen LogP contribution in [-0.2, 0) is 24.8 Å². The number of ether oxygens (including phenoxy) is 1. The molecule has 0 bridgehead atoms. The molecule has 0 aliphatic carbocycles. The Morgan fingerprint density at radius 3 is 2.41 bits per heavy atom. The predicted molar refractivity (Wildman–Crippen MR) is 61.5 cm³/mol. The molecule has 0 saturated carbocycles. The van der Waals surface area contributed by atoms with Gasteiger partial charge < -0.3 is 4.74 Å². The molecule has 0 aromatic heterocycles. The van der Waals surface area contributed by atoms with E-state index in [4.69, 9.17) is 4.74 Å². The zero-order valence-corrected chi connectivity index (χ0v) is 11.1. The van der Waals surface area contributed by atoms with Crippen molar-refractivity contribution in [1.29, 1.82) is 0 Å². The first-order chi connectivity index (χ1) is 7.84. The standard InChI is InChI=1S/C8H16N2O5S2/c1-15-8-6-16(11,12)5-7(8)9-17(13,14)10-3-2-4-10/h7-9H,2-6H2,1H3. The van der Waals surface area contributed by atoms with E-state index in [9.17, 15) is 16.8 Å². The number of methoxy groups -OCH3 is 1. The molecule has 0 aromatic rings. The molecule has 2 rings (SSSR count). The monoisotopic (exact) mass is 284 g/mol. The van der Waals surface area contributed by atoms with Gasteiger partial charge in [0.1, 0.15) is 0 Å². The molecule has 17 heavy (non-hydrogen) atoms. The van der Waals surface area contributed by atoms with Crippen molar-refractivity contribution in [3.8, 4) is 0 Å². The molecule has 2 aliphatic rings. The van der Waals surface area contributed by atoms with Gasteiger partial charge in [0.25, 0.3) is 10.2 Å². The molecule has 2 heterocycles. The molecule has 9 heteroatoms. The smallest absolute Gasteiger partial charge is 0.279 e. The first kappa shape index (κ1) is 13.2. The van der Waals surface area contributed by atoms with Gasteiger partial charge in [-0.05, 0) is 6.42 Å². The van der Waals surface area contributed by atoms with Gasteiger partial charge in [-0.3, -0.25) is 0 Å². The molecular weight excluding hydrogens is 268 g/mol. The summed E-state index contributed by atoms with van der Waals surface area (Å²) in [5, 5.41) is 0. The van der Waals surface area contributed by atoms with E-state index in [2.05, 4.69) is 4.72 Å². The average molecular weight is 284 g/mol. The van der Waals surface area contributed by atoms with Crippen molar-refractivity contribution in [3.05, 3.63) is 0 Å². The second kappa shape index (κ2) is 4.47. The van der Waals surface area contributed by atoms with E-state index in [0.717, 1.165) is 6.42 Å². The van der Waals surface area contributed by atoms with Crippen LogP contribution < -0.4 is 4.72 Å². The van der Waals surface area contributed by atoms with E-state index in [-0.39, 0.29) is 11.5 Å². The summed E-state index contributed by atoms with van der Waals surface area (Å²) in [5.74, 6) is -0.324. The van der Waals surface area contributed by atoms with E-state index >= 15 is 0 Å². The summed E-state index contributed by atoms with van der Waals surface area (Å²) in [6.45, 7) is 0.985. The molecule has 0 spiro atoms. The zero-order valence-electron chi connectivity index (χ0n) is 9.50.